The van der Waals surface area contributed by atoms with Crippen molar-refractivity contribution in [3.63, 3.8) is 0 Å². The molecule has 0 aliphatic rings. The maximum absolute atomic E-state index is 12.1. The Bertz CT molecular complexity index is 674. The predicted octanol–water partition coefficient (Wildman–Crippen LogP) is 0.368. The number of nitrogen functional groups attached to an aromatic ring is 1. The van der Waals surface area contributed by atoms with Gasteiger partial charge in [0.15, 0.2) is 5.82 Å². The molecule has 0 saturated heterocycles. The van der Waals surface area contributed by atoms with Crippen LogP contribution in [0.4, 0.5) is 11.8 Å². The summed E-state index contributed by atoms with van der Waals surface area (Å²) < 4.78 is 32.7. The van der Waals surface area contributed by atoms with Crippen molar-refractivity contribution in [2.24, 2.45) is 0 Å². The summed E-state index contributed by atoms with van der Waals surface area (Å²) in [5.41, 5.74) is 5.60. The van der Waals surface area contributed by atoms with Gasteiger partial charge in [0.1, 0.15) is 4.90 Å². The summed E-state index contributed by atoms with van der Waals surface area (Å²) >= 11 is 0. The molecule has 2 aromatic rings. The molecule has 3 N–H and O–H groups in total. The summed E-state index contributed by atoms with van der Waals surface area (Å²) in [6.45, 7) is 4.09. The summed E-state index contributed by atoms with van der Waals surface area (Å²) in [6.07, 6.45) is 2.18. The monoisotopic (exact) mass is 286 g/mol. The number of aryl methyl sites for hydroxylation is 2. The molecular weight excluding hydrogens is 272 g/mol. The normalized spacial score (nSPS) is 11.7. The number of sulfonamides is 1. The standard InChI is InChI=1S/C9H14N6O3S/c1-3-4-15-5-7(8(10)13-15)19(16,17)14-9-12-11-6(2)18-9/h5H,3-4H2,1-2H3,(H2,10,13)(H,12,14). The molecule has 0 saturated carbocycles. The fraction of sp³-hybridized carbons (Fsp3) is 0.444. The van der Waals surface area contributed by atoms with E-state index in [0.717, 1.165) is 6.42 Å². The van der Waals surface area contributed by atoms with Crippen LogP contribution in [0.1, 0.15) is 19.2 Å². The number of nitrogens with one attached hydrogen (secondary N) is 1. The minimum absolute atomic E-state index is 0.0720. The van der Waals surface area contributed by atoms with Crippen molar-refractivity contribution in [1.82, 2.24) is 20.0 Å². The van der Waals surface area contributed by atoms with E-state index in [2.05, 4.69) is 20.0 Å². The van der Waals surface area contributed by atoms with E-state index in [1.807, 2.05) is 6.92 Å². The van der Waals surface area contributed by atoms with Crippen LogP contribution < -0.4 is 10.5 Å². The number of nitrogens with zero attached hydrogens (tertiary/aromatic N) is 4. The number of hydrogen-bond acceptors (Lipinski definition) is 7. The van der Waals surface area contributed by atoms with Gasteiger partial charge in [-0.2, -0.15) is 5.10 Å². The lowest BCUT2D eigenvalue weighted by Crippen LogP contribution is -2.14. The highest BCUT2D eigenvalue weighted by Gasteiger charge is 2.23. The van der Waals surface area contributed by atoms with Crippen LogP contribution in [0.5, 0.6) is 0 Å². The van der Waals surface area contributed by atoms with Gasteiger partial charge >= 0.3 is 6.01 Å². The highest BCUT2D eigenvalue weighted by atomic mass is 32.2. The van der Waals surface area contributed by atoms with Crippen LogP contribution in [0, 0.1) is 6.92 Å². The summed E-state index contributed by atoms with van der Waals surface area (Å²) in [5.74, 6) is 0.185. The molecule has 9 nitrogen and oxygen atoms in total. The molecule has 0 bridgehead atoms. The largest absolute Gasteiger partial charge is 0.408 e. The van der Waals surface area contributed by atoms with Crippen molar-refractivity contribution >= 4 is 21.9 Å². The van der Waals surface area contributed by atoms with E-state index in [1.165, 1.54) is 10.9 Å². The van der Waals surface area contributed by atoms with Crippen LogP contribution in [-0.4, -0.2) is 28.4 Å². The van der Waals surface area contributed by atoms with Gasteiger partial charge in [0, 0.05) is 19.7 Å². The maximum Gasteiger partial charge on any atom is 0.329 e. The van der Waals surface area contributed by atoms with Gasteiger partial charge in [0.2, 0.25) is 5.89 Å². The zero-order chi connectivity index (χ0) is 14.0. The molecular formula is C9H14N6O3S. The number of anilines is 2. The third-order valence-electron chi connectivity index (χ3n) is 2.24. The van der Waals surface area contributed by atoms with Crippen molar-refractivity contribution in [1.29, 1.82) is 0 Å². The van der Waals surface area contributed by atoms with Crippen molar-refractivity contribution in [3.05, 3.63) is 12.1 Å². The SMILES string of the molecule is CCCn1cc(S(=O)(=O)Nc2nnc(C)o2)c(N)n1. The quantitative estimate of drug-likeness (QED) is 0.812. The molecule has 2 aromatic heterocycles. The van der Waals surface area contributed by atoms with Crippen molar-refractivity contribution in [3.8, 4) is 0 Å². The van der Waals surface area contributed by atoms with Gasteiger partial charge in [-0.05, 0) is 6.42 Å². The zero-order valence-corrected chi connectivity index (χ0v) is 11.3. The average Bonchev–Trinajstić information content (AvgIpc) is 2.86. The molecule has 104 valence electrons. The smallest absolute Gasteiger partial charge is 0.329 e. The Labute approximate surface area is 109 Å². The minimum atomic E-state index is -3.88. The molecule has 0 radical (unpaired) electrons. The first-order chi connectivity index (χ1) is 8.92. The molecule has 0 atom stereocenters. The van der Waals surface area contributed by atoms with Crippen LogP contribution in [0.2, 0.25) is 0 Å². The second kappa shape index (κ2) is 4.88. The maximum atomic E-state index is 12.1. The molecule has 2 heterocycles. The highest BCUT2D eigenvalue weighted by molar-refractivity contribution is 7.92. The Morgan fingerprint density at radius 3 is 2.79 bits per heavy atom. The van der Waals surface area contributed by atoms with Crippen molar-refractivity contribution < 1.29 is 12.8 Å². The van der Waals surface area contributed by atoms with E-state index in [-0.39, 0.29) is 22.6 Å². The van der Waals surface area contributed by atoms with Gasteiger partial charge < -0.3 is 10.2 Å². The fourth-order valence-electron chi connectivity index (χ4n) is 1.48. The van der Waals surface area contributed by atoms with Crippen LogP contribution in [0.3, 0.4) is 0 Å². The fourth-order valence-corrected chi connectivity index (χ4v) is 2.48. The zero-order valence-electron chi connectivity index (χ0n) is 10.5. The van der Waals surface area contributed by atoms with Crippen LogP contribution in [-0.2, 0) is 16.6 Å². The molecule has 2 rings (SSSR count). The van der Waals surface area contributed by atoms with Crippen LogP contribution in [0.25, 0.3) is 0 Å². The third kappa shape index (κ3) is 2.84. The molecule has 0 aromatic carbocycles. The summed E-state index contributed by atoms with van der Waals surface area (Å²) in [6, 6.07) is -0.208. The molecule has 0 unspecified atom stereocenters. The van der Waals surface area contributed by atoms with Gasteiger partial charge in [-0.15, -0.1) is 5.10 Å². The van der Waals surface area contributed by atoms with Crippen molar-refractivity contribution in [2.75, 3.05) is 10.5 Å². The molecule has 0 aliphatic carbocycles. The number of rotatable bonds is 5. The predicted molar refractivity (Wildman–Crippen MR) is 66.8 cm³/mol. The van der Waals surface area contributed by atoms with Gasteiger partial charge in [-0.25, -0.2) is 13.1 Å². The third-order valence-corrected chi connectivity index (χ3v) is 3.58. The van der Waals surface area contributed by atoms with E-state index in [4.69, 9.17) is 10.2 Å². The molecule has 0 spiro atoms. The van der Waals surface area contributed by atoms with Gasteiger partial charge in [-0.1, -0.05) is 12.0 Å². The number of nitrogens with two attached hydrogens (primary N) is 1. The molecule has 0 aliphatic heterocycles. The molecule has 10 heteroatoms. The van der Waals surface area contributed by atoms with E-state index < -0.39 is 10.0 Å². The van der Waals surface area contributed by atoms with E-state index in [1.54, 1.807) is 6.92 Å². The van der Waals surface area contributed by atoms with Crippen LogP contribution in [0.15, 0.2) is 15.5 Å². The summed E-state index contributed by atoms with van der Waals surface area (Å²) in [7, 11) is -3.88. The first-order valence-electron chi connectivity index (χ1n) is 5.58. The van der Waals surface area contributed by atoms with E-state index >= 15 is 0 Å². The Balaban J connectivity index is 2.28. The lowest BCUT2D eigenvalue weighted by Gasteiger charge is -2.01. The lowest BCUT2D eigenvalue weighted by atomic mass is 10.5. The average molecular weight is 286 g/mol. The van der Waals surface area contributed by atoms with Gasteiger partial charge in [0.05, 0.1) is 0 Å². The summed E-state index contributed by atoms with van der Waals surface area (Å²) in [5, 5.41) is 11.0. The molecule has 0 fully saturated rings. The lowest BCUT2D eigenvalue weighted by molar-refractivity contribution is 0.534. The van der Waals surface area contributed by atoms with Crippen LogP contribution >= 0.6 is 0 Å². The topological polar surface area (TPSA) is 129 Å². The first-order valence-corrected chi connectivity index (χ1v) is 7.06. The second-order valence-corrected chi connectivity index (χ2v) is 5.52. The Hall–Kier alpha value is -2.10. The second-order valence-electron chi connectivity index (χ2n) is 3.87. The minimum Gasteiger partial charge on any atom is -0.408 e. The first kappa shape index (κ1) is 13.3. The van der Waals surface area contributed by atoms with Crippen molar-refractivity contribution in [2.45, 2.75) is 31.7 Å². The van der Waals surface area contributed by atoms with E-state index in [9.17, 15) is 8.42 Å². The van der Waals surface area contributed by atoms with Gasteiger partial charge in [0.25, 0.3) is 10.0 Å². The Morgan fingerprint density at radius 2 is 2.21 bits per heavy atom. The highest BCUT2D eigenvalue weighted by Crippen LogP contribution is 2.19. The Morgan fingerprint density at radius 1 is 1.47 bits per heavy atom. The number of aromatic nitrogens is 4. The molecule has 0 amide bonds. The number of hydrogen-bond donors (Lipinski definition) is 2. The van der Waals surface area contributed by atoms with E-state index in [0.29, 0.717) is 6.54 Å². The summed E-state index contributed by atoms with van der Waals surface area (Å²) in [4.78, 5) is -0.114. The molecule has 19 heavy (non-hydrogen) atoms. The van der Waals surface area contributed by atoms with Gasteiger partial charge in [-0.3, -0.25) is 4.68 Å². The Kier molecular flexibility index (Phi) is 3.42.